The molecule has 15 heavy (non-hydrogen) atoms. The fourth-order valence-corrected chi connectivity index (χ4v) is 1.71. The molecule has 0 radical (unpaired) electrons. The Morgan fingerprint density at radius 1 is 1.13 bits per heavy atom. The van der Waals surface area contributed by atoms with Crippen molar-refractivity contribution in [3.63, 3.8) is 0 Å². The fraction of sp³-hybridized carbons (Fsp3) is 0.455. The van der Waals surface area contributed by atoms with E-state index in [2.05, 4.69) is 0 Å². The van der Waals surface area contributed by atoms with E-state index in [-0.39, 0.29) is 0 Å². The molecule has 0 aliphatic rings. The Balaban J connectivity index is 3.24. The third kappa shape index (κ3) is 2.55. The Labute approximate surface area is 94.9 Å². The molecule has 0 aromatic heterocycles. The Hall–Kier alpha value is -0.930. The van der Waals surface area contributed by atoms with E-state index in [1.165, 1.54) is 0 Å². The molecular weight excluding hydrogens is 216 g/mol. The van der Waals surface area contributed by atoms with E-state index in [9.17, 15) is 0 Å². The maximum Gasteiger partial charge on any atom is 0.166 e. The van der Waals surface area contributed by atoms with Gasteiger partial charge in [-0.25, -0.2) is 0 Å². The highest BCUT2D eigenvalue weighted by atomic mass is 35.5. The summed E-state index contributed by atoms with van der Waals surface area (Å²) in [4.78, 5) is 0. The van der Waals surface area contributed by atoms with Crippen LogP contribution >= 0.6 is 11.6 Å². The van der Waals surface area contributed by atoms with Gasteiger partial charge in [-0.2, -0.15) is 0 Å². The molecule has 0 fully saturated rings. The average Bonchev–Trinajstić information content (AvgIpc) is 2.28. The molecule has 0 saturated heterocycles. The van der Waals surface area contributed by atoms with Gasteiger partial charge in [-0.05, 0) is 11.6 Å². The lowest BCUT2D eigenvalue weighted by molar-refractivity contribution is 0.180. The highest BCUT2D eigenvalue weighted by molar-refractivity contribution is 6.17. The van der Waals surface area contributed by atoms with E-state index in [0.717, 1.165) is 11.1 Å². The summed E-state index contributed by atoms with van der Waals surface area (Å²) in [6, 6.07) is 3.76. The molecule has 1 aromatic carbocycles. The minimum absolute atomic E-state index is 0.430. The summed E-state index contributed by atoms with van der Waals surface area (Å²) in [6.45, 7) is 0.461. The smallest absolute Gasteiger partial charge is 0.166 e. The predicted molar refractivity (Wildman–Crippen MR) is 59.8 cm³/mol. The van der Waals surface area contributed by atoms with Crippen molar-refractivity contribution >= 4 is 11.6 Å². The van der Waals surface area contributed by atoms with Gasteiger partial charge in [0, 0.05) is 18.6 Å². The molecule has 0 spiro atoms. The first-order chi connectivity index (χ1) is 7.28. The fourth-order valence-electron chi connectivity index (χ4n) is 1.46. The summed E-state index contributed by atoms with van der Waals surface area (Å²) < 4.78 is 15.6. The summed E-state index contributed by atoms with van der Waals surface area (Å²) in [5.74, 6) is 1.81. The SMILES string of the molecule is COCc1c(CCl)ccc(OC)c1OC. The predicted octanol–water partition coefficient (Wildman–Crippen LogP) is 2.59. The molecule has 0 N–H and O–H groups in total. The van der Waals surface area contributed by atoms with Crippen molar-refractivity contribution in [2.45, 2.75) is 12.5 Å². The van der Waals surface area contributed by atoms with Gasteiger partial charge < -0.3 is 14.2 Å². The molecule has 0 aliphatic heterocycles. The zero-order valence-electron chi connectivity index (χ0n) is 9.17. The van der Waals surface area contributed by atoms with E-state index in [1.807, 2.05) is 12.1 Å². The van der Waals surface area contributed by atoms with Crippen LogP contribution in [0.5, 0.6) is 11.5 Å². The first-order valence-corrected chi connectivity index (χ1v) is 5.09. The highest BCUT2D eigenvalue weighted by Gasteiger charge is 2.13. The topological polar surface area (TPSA) is 27.7 Å². The van der Waals surface area contributed by atoms with Crippen LogP contribution in [-0.4, -0.2) is 21.3 Å². The molecule has 1 aromatic rings. The molecular formula is C11H15ClO3. The van der Waals surface area contributed by atoms with Gasteiger partial charge in [-0.15, -0.1) is 11.6 Å². The molecule has 0 heterocycles. The summed E-state index contributed by atoms with van der Waals surface area (Å²) >= 11 is 5.84. The molecule has 0 atom stereocenters. The molecule has 0 aliphatic carbocycles. The number of hydrogen-bond donors (Lipinski definition) is 0. The zero-order valence-corrected chi connectivity index (χ0v) is 9.93. The van der Waals surface area contributed by atoms with E-state index in [4.69, 9.17) is 25.8 Å². The molecule has 3 nitrogen and oxygen atoms in total. The summed E-state index contributed by atoms with van der Waals surface area (Å²) in [5.41, 5.74) is 1.94. The molecule has 0 unspecified atom stereocenters. The van der Waals surface area contributed by atoms with E-state index in [0.29, 0.717) is 24.0 Å². The van der Waals surface area contributed by atoms with Crippen LogP contribution in [-0.2, 0) is 17.2 Å². The second kappa shape index (κ2) is 5.83. The third-order valence-electron chi connectivity index (χ3n) is 2.18. The second-order valence-corrected chi connectivity index (χ2v) is 3.27. The van der Waals surface area contributed by atoms with Crippen molar-refractivity contribution in [2.24, 2.45) is 0 Å². The van der Waals surface area contributed by atoms with Gasteiger partial charge in [0.2, 0.25) is 0 Å². The minimum Gasteiger partial charge on any atom is -0.493 e. The van der Waals surface area contributed by atoms with Crippen LogP contribution in [0.4, 0.5) is 0 Å². The zero-order chi connectivity index (χ0) is 11.3. The Kier molecular flexibility index (Phi) is 4.72. The van der Waals surface area contributed by atoms with Crippen LogP contribution in [0.15, 0.2) is 12.1 Å². The minimum atomic E-state index is 0.430. The van der Waals surface area contributed by atoms with Crippen LogP contribution in [0.3, 0.4) is 0 Å². The van der Waals surface area contributed by atoms with E-state index < -0.39 is 0 Å². The number of rotatable bonds is 5. The number of ether oxygens (including phenoxy) is 3. The first-order valence-electron chi connectivity index (χ1n) is 4.56. The number of methoxy groups -OCH3 is 3. The molecule has 0 saturated carbocycles. The van der Waals surface area contributed by atoms with Crippen molar-refractivity contribution in [3.05, 3.63) is 23.3 Å². The van der Waals surface area contributed by atoms with Gasteiger partial charge in [-0.3, -0.25) is 0 Å². The van der Waals surface area contributed by atoms with Crippen LogP contribution in [0.2, 0.25) is 0 Å². The number of halogens is 1. The Bertz CT molecular complexity index is 326. The van der Waals surface area contributed by atoms with Crippen LogP contribution in [0.1, 0.15) is 11.1 Å². The van der Waals surface area contributed by atoms with Crippen LogP contribution < -0.4 is 9.47 Å². The lowest BCUT2D eigenvalue weighted by atomic mass is 10.1. The second-order valence-electron chi connectivity index (χ2n) is 3.01. The van der Waals surface area contributed by atoms with E-state index in [1.54, 1.807) is 21.3 Å². The van der Waals surface area contributed by atoms with Crippen molar-refractivity contribution < 1.29 is 14.2 Å². The van der Waals surface area contributed by atoms with Gasteiger partial charge >= 0.3 is 0 Å². The quantitative estimate of drug-likeness (QED) is 0.728. The molecule has 0 bridgehead atoms. The van der Waals surface area contributed by atoms with Gasteiger partial charge in [-0.1, -0.05) is 6.07 Å². The van der Waals surface area contributed by atoms with Crippen molar-refractivity contribution in [2.75, 3.05) is 21.3 Å². The summed E-state index contributed by atoms with van der Waals surface area (Å²) in [7, 11) is 4.85. The maximum atomic E-state index is 5.84. The van der Waals surface area contributed by atoms with Gasteiger partial charge in [0.25, 0.3) is 0 Å². The van der Waals surface area contributed by atoms with Gasteiger partial charge in [0.05, 0.1) is 20.8 Å². The lowest BCUT2D eigenvalue weighted by Crippen LogP contribution is -2.01. The van der Waals surface area contributed by atoms with Crippen molar-refractivity contribution in [1.29, 1.82) is 0 Å². The maximum absolute atomic E-state index is 5.84. The van der Waals surface area contributed by atoms with Crippen LogP contribution in [0, 0.1) is 0 Å². The van der Waals surface area contributed by atoms with Crippen molar-refractivity contribution in [1.82, 2.24) is 0 Å². The Morgan fingerprint density at radius 2 is 1.87 bits per heavy atom. The third-order valence-corrected chi connectivity index (χ3v) is 2.47. The first kappa shape index (κ1) is 12.1. The molecule has 0 amide bonds. The number of alkyl halides is 1. The normalized spacial score (nSPS) is 10.1. The van der Waals surface area contributed by atoms with Gasteiger partial charge in [0.1, 0.15) is 0 Å². The summed E-state index contributed by atoms with van der Waals surface area (Å²) in [5, 5.41) is 0. The lowest BCUT2D eigenvalue weighted by Gasteiger charge is -2.15. The highest BCUT2D eigenvalue weighted by Crippen LogP contribution is 2.34. The average molecular weight is 231 g/mol. The van der Waals surface area contributed by atoms with E-state index >= 15 is 0 Å². The molecule has 1 rings (SSSR count). The summed E-state index contributed by atoms with van der Waals surface area (Å²) in [6.07, 6.45) is 0. The molecule has 84 valence electrons. The Morgan fingerprint density at radius 3 is 2.33 bits per heavy atom. The van der Waals surface area contributed by atoms with Crippen molar-refractivity contribution in [3.8, 4) is 11.5 Å². The largest absolute Gasteiger partial charge is 0.493 e. The molecule has 4 heteroatoms. The monoisotopic (exact) mass is 230 g/mol. The number of benzene rings is 1. The van der Waals surface area contributed by atoms with Crippen LogP contribution in [0.25, 0.3) is 0 Å². The number of hydrogen-bond acceptors (Lipinski definition) is 3. The standard InChI is InChI=1S/C11H15ClO3/c1-13-7-9-8(6-12)4-5-10(14-2)11(9)15-3/h4-5H,6-7H2,1-3H3. The van der Waals surface area contributed by atoms with Gasteiger partial charge in [0.15, 0.2) is 11.5 Å².